The number of hydrazine groups is 1. The summed E-state index contributed by atoms with van der Waals surface area (Å²) >= 11 is 0. The highest BCUT2D eigenvalue weighted by Crippen LogP contribution is 1.95. The minimum absolute atomic E-state index is 0.122. The van der Waals surface area contributed by atoms with E-state index in [2.05, 4.69) is 25.8 Å². The zero-order valence-electron chi connectivity index (χ0n) is 10.1. The van der Waals surface area contributed by atoms with E-state index in [0.29, 0.717) is 11.3 Å². The molecule has 0 aliphatic heterocycles. The van der Waals surface area contributed by atoms with Gasteiger partial charge in [0.25, 0.3) is 11.8 Å². The van der Waals surface area contributed by atoms with E-state index in [1.807, 2.05) is 0 Å². The minimum atomic E-state index is -0.537. The summed E-state index contributed by atoms with van der Waals surface area (Å²) in [5.74, 6) is -0.994. The summed E-state index contributed by atoms with van der Waals surface area (Å²) in [4.78, 5) is 34.9. The van der Waals surface area contributed by atoms with Crippen LogP contribution in [0.3, 0.4) is 0 Å². The Labute approximate surface area is 109 Å². The molecule has 2 aromatic rings. The van der Waals surface area contributed by atoms with Gasteiger partial charge in [-0.1, -0.05) is 0 Å². The Morgan fingerprint density at radius 2 is 1.84 bits per heavy atom. The summed E-state index contributed by atoms with van der Waals surface area (Å²) < 4.78 is 0. The van der Waals surface area contributed by atoms with Crippen LogP contribution in [0.4, 0.5) is 0 Å². The van der Waals surface area contributed by atoms with Crippen molar-refractivity contribution >= 4 is 11.8 Å². The van der Waals surface area contributed by atoms with Gasteiger partial charge in [0.2, 0.25) is 0 Å². The molecule has 96 valence electrons. The van der Waals surface area contributed by atoms with E-state index < -0.39 is 11.8 Å². The Bertz CT molecular complexity index is 583. The number of carbonyl (C=O) groups is 2. The van der Waals surface area contributed by atoms with Gasteiger partial charge in [-0.2, -0.15) is 0 Å². The minimum Gasteiger partial charge on any atom is -0.267 e. The van der Waals surface area contributed by atoms with Crippen LogP contribution in [-0.4, -0.2) is 26.8 Å². The number of aromatic nitrogens is 3. The topological polar surface area (TPSA) is 96.9 Å². The smallest absolute Gasteiger partial charge is 0.267 e. The van der Waals surface area contributed by atoms with Gasteiger partial charge in [-0.05, 0) is 19.1 Å². The molecule has 0 fully saturated rings. The zero-order chi connectivity index (χ0) is 13.7. The molecule has 0 saturated heterocycles. The number of nitrogens with zero attached hydrogens (tertiary/aromatic N) is 3. The molecule has 2 aromatic heterocycles. The molecule has 2 N–H and O–H groups in total. The summed E-state index contributed by atoms with van der Waals surface area (Å²) in [6.45, 7) is 1.76. The summed E-state index contributed by atoms with van der Waals surface area (Å²) in [6.07, 6.45) is 5.75. The fourth-order valence-corrected chi connectivity index (χ4v) is 1.26. The van der Waals surface area contributed by atoms with Crippen molar-refractivity contribution < 1.29 is 9.59 Å². The second-order valence-corrected chi connectivity index (χ2v) is 3.69. The normalized spacial score (nSPS) is 9.74. The highest BCUT2D eigenvalue weighted by molar-refractivity contribution is 5.97. The molecule has 0 saturated carbocycles. The molecule has 2 amide bonds. The Morgan fingerprint density at radius 3 is 2.47 bits per heavy atom. The fourth-order valence-electron chi connectivity index (χ4n) is 1.26. The Hall–Kier alpha value is -2.83. The summed E-state index contributed by atoms with van der Waals surface area (Å²) in [6, 6.07) is 3.21. The quantitative estimate of drug-likeness (QED) is 0.752. The molecule has 0 radical (unpaired) electrons. The molecule has 0 spiro atoms. The first-order valence-electron chi connectivity index (χ1n) is 5.46. The van der Waals surface area contributed by atoms with Crippen LogP contribution < -0.4 is 10.9 Å². The van der Waals surface area contributed by atoms with Gasteiger partial charge in [-0.15, -0.1) is 0 Å². The lowest BCUT2D eigenvalue weighted by atomic mass is 10.3. The number of nitrogens with one attached hydrogen (secondary N) is 2. The number of carbonyl (C=O) groups excluding carboxylic acids is 2. The number of hydrogen-bond acceptors (Lipinski definition) is 5. The average Bonchev–Trinajstić information content (AvgIpc) is 2.46. The number of hydrogen-bond donors (Lipinski definition) is 2. The lowest BCUT2D eigenvalue weighted by Crippen LogP contribution is -2.42. The summed E-state index contributed by atoms with van der Waals surface area (Å²) in [5, 5.41) is 0. The standard InChI is InChI=1S/C12H11N5O2/c1-8-5-15-10(7-14-8)12(19)17-16-11(18)9-3-2-4-13-6-9/h2-7H,1H3,(H,16,18)(H,17,19). The SMILES string of the molecule is Cc1cnc(C(=O)NNC(=O)c2cccnc2)cn1. The van der Waals surface area contributed by atoms with Crippen LogP contribution in [0.2, 0.25) is 0 Å². The van der Waals surface area contributed by atoms with Gasteiger partial charge in [0.15, 0.2) is 0 Å². The third-order valence-electron chi connectivity index (χ3n) is 2.23. The van der Waals surface area contributed by atoms with E-state index in [1.54, 1.807) is 25.3 Å². The van der Waals surface area contributed by atoms with Crippen molar-refractivity contribution in [3.63, 3.8) is 0 Å². The Morgan fingerprint density at radius 1 is 1.05 bits per heavy atom. The molecule has 7 heteroatoms. The number of rotatable bonds is 2. The van der Waals surface area contributed by atoms with E-state index in [4.69, 9.17) is 0 Å². The molecule has 19 heavy (non-hydrogen) atoms. The molecule has 0 atom stereocenters. The zero-order valence-corrected chi connectivity index (χ0v) is 10.1. The Kier molecular flexibility index (Phi) is 3.77. The molecule has 7 nitrogen and oxygen atoms in total. The van der Waals surface area contributed by atoms with Crippen molar-refractivity contribution in [3.8, 4) is 0 Å². The van der Waals surface area contributed by atoms with Crippen LogP contribution in [0, 0.1) is 6.92 Å². The van der Waals surface area contributed by atoms with E-state index in [9.17, 15) is 9.59 Å². The van der Waals surface area contributed by atoms with E-state index in [-0.39, 0.29) is 5.69 Å². The number of aryl methyl sites for hydroxylation is 1. The van der Waals surface area contributed by atoms with Gasteiger partial charge in [0.1, 0.15) is 5.69 Å². The van der Waals surface area contributed by atoms with Crippen molar-refractivity contribution in [2.45, 2.75) is 6.92 Å². The molecule has 0 aromatic carbocycles. The maximum Gasteiger partial charge on any atom is 0.289 e. The Balaban J connectivity index is 1.94. The van der Waals surface area contributed by atoms with Crippen LogP contribution in [0.1, 0.15) is 26.5 Å². The molecule has 0 bridgehead atoms. The molecule has 2 heterocycles. The van der Waals surface area contributed by atoms with Gasteiger partial charge >= 0.3 is 0 Å². The lowest BCUT2D eigenvalue weighted by molar-refractivity contribution is 0.0843. The largest absolute Gasteiger partial charge is 0.289 e. The van der Waals surface area contributed by atoms with Crippen LogP contribution >= 0.6 is 0 Å². The molecule has 0 aliphatic carbocycles. The molecule has 0 unspecified atom stereocenters. The molecular formula is C12H11N5O2. The highest BCUT2D eigenvalue weighted by Gasteiger charge is 2.10. The van der Waals surface area contributed by atoms with Gasteiger partial charge in [-0.3, -0.25) is 30.4 Å². The van der Waals surface area contributed by atoms with Gasteiger partial charge < -0.3 is 0 Å². The number of pyridine rings is 1. The monoisotopic (exact) mass is 257 g/mol. The van der Waals surface area contributed by atoms with Gasteiger partial charge in [-0.25, -0.2) is 4.98 Å². The first-order chi connectivity index (χ1) is 9.16. The predicted molar refractivity (Wildman–Crippen MR) is 65.9 cm³/mol. The van der Waals surface area contributed by atoms with E-state index in [1.165, 1.54) is 18.6 Å². The van der Waals surface area contributed by atoms with Gasteiger partial charge in [0.05, 0.1) is 17.5 Å². The molecular weight excluding hydrogens is 246 g/mol. The van der Waals surface area contributed by atoms with Crippen molar-refractivity contribution in [1.29, 1.82) is 0 Å². The van der Waals surface area contributed by atoms with Crippen LogP contribution in [0.15, 0.2) is 36.9 Å². The van der Waals surface area contributed by atoms with E-state index in [0.717, 1.165) is 0 Å². The van der Waals surface area contributed by atoms with Crippen molar-refractivity contribution in [1.82, 2.24) is 25.8 Å². The average molecular weight is 257 g/mol. The molecule has 0 aliphatic rings. The second-order valence-electron chi connectivity index (χ2n) is 3.69. The number of amides is 2. The van der Waals surface area contributed by atoms with Crippen molar-refractivity contribution in [2.24, 2.45) is 0 Å². The second kappa shape index (κ2) is 5.67. The molecule has 2 rings (SSSR count). The predicted octanol–water partition coefficient (Wildman–Crippen LogP) is 0.255. The van der Waals surface area contributed by atoms with E-state index >= 15 is 0 Å². The third kappa shape index (κ3) is 3.32. The fraction of sp³-hybridized carbons (Fsp3) is 0.0833. The first-order valence-corrected chi connectivity index (χ1v) is 5.46. The first kappa shape index (κ1) is 12.6. The highest BCUT2D eigenvalue weighted by atomic mass is 16.2. The van der Waals surface area contributed by atoms with Crippen molar-refractivity contribution in [3.05, 3.63) is 53.9 Å². The van der Waals surface area contributed by atoms with Crippen LogP contribution in [0.5, 0.6) is 0 Å². The van der Waals surface area contributed by atoms with Gasteiger partial charge in [0, 0.05) is 18.6 Å². The van der Waals surface area contributed by atoms with Crippen molar-refractivity contribution in [2.75, 3.05) is 0 Å². The van der Waals surface area contributed by atoms with Crippen LogP contribution in [-0.2, 0) is 0 Å². The summed E-state index contributed by atoms with van der Waals surface area (Å²) in [7, 11) is 0. The maximum atomic E-state index is 11.6. The summed E-state index contributed by atoms with van der Waals surface area (Å²) in [5.41, 5.74) is 5.69. The van der Waals surface area contributed by atoms with Crippen LogP contribution in [0.25, 0.3) is 0 Å². The lowest BCUT2D eigenvalue weighted by Gasteiger charge is -2.06. The third-order valence-corrected chi connectivity index (χ3v) is 2.23. The maximum absolute atomic E-state index is 11.6.